The van der Waals surface area contributed by atoms with E-state index in [0.717, 1.165) is 19.5 Å². The molecule has 0 aliphatic carbocycles. The van der Waals surface area contributed by atoms with E-state index in [1.54, 1.807) is 6.92 Å². The first kappa shape index (κ1) is 9.72. The largest absolute Gasteiger partial charge is 0.303 e. The van der Waals surface area contributed by atoms with Crippen molar-refractivity contribution in [3.8, 4) is 0 Å². The molecule has 1 rings (SSSR count). The second-order valence-electron chi connectivity index (χ2n) is 3.75. The van der Waals surface area contributed by atoms with Crippen molar-refractivity contribution in [1.29, 1.82) is 0 Å². The van der Waals surface area contributed by atoms with E-state index in [4.69, 9.17) is 0 Å². The van der Waals surface area contributed by atoms with Crippen molar-refractivity contribution >= 4 is 5.78 Å². The van der Waals surface area contributed by atoms with E-state index in [9.17, 15) is 4.79 Å². The highest BCUT2D eigenvalue weighted by Gasteiger charge is 2.21. The average Bonchev–Trinajstić information content (AvgIpc) is 2.05. The molecule has 1 atom stereocenters. The summed E-state index contributed by atoms with van der Waals surface area (Å²) < 4.78 is 0. The molecule has 1 fully saturated rings. The SMILES string of the molecule is CCCN1CCC[C@@H](C(C)=O)C1. The third kappa shape index (κ3) is 2.59. The number of carbonyl (C=O) groups excluding carboxylic acids is 1. The van der Waals surface area contributed by atoms with E-state index in [0.29, 0.717) is 11.7 Å². The molecule has 0 N–H and O–H groups in total. The lowest BCUT2D eigenvalue weighted by Crippen LogP contribution is -2.38. The molecule has 0 saturated carbocycles. The van der Waals surface area contributed by atoms with E-state index >= 15 is 0 Å². The molecule has 1 saturated heterocycles. The van der Waals surface area contributed by atoms with E-state index < -0.39 is 0 Å². The van der Waals surface area contributed by atoms with Crippen LogP contribution in [-0.2, 0) is 4.79 Å². The lowest BCUT2D eigenvalue weighted by molar-refractivity contribution is -0.122. The second-order valence-corrected chi connectivity index (χ2v) is 3.75. The Bertz CT molecular complexity index is 154. The lowest BCUT2D eigenvalue weighted by Gasteiger charge is -2.30. The van der Waals surface area contributed by atoms with Crippen LogP contribution in [0.15, 0.2) is 0 Å². The van der Waals surface area contributed by atoms with E-state index in [2.05, 4.69) is 11.8 Å². The predicted octanol–water partition coefficient (Wildman–Crippen LogP) is 1.70. The topological polar surface area (TPSA) is 20.3 Å². The summed E-state index contributed by atoms with van der Waals surface area (Å²) in [5.74, 6) is 0.695. The molecule has 1 aliphatic heterocycles. The predicted molar refractivity (Wildman–Crippen MR) is 50.1 cm³/mol. The number of piperidine rings is 1. The first-order chi connectivity index (χ1) is 5.74. The third-order valence-electron chi connectivity index (χ3n) is 2.62. The summed E-state index contributed by atoms with van der Waals surface area (Å²) >= 11 is 0. The normalized spacial score (nSPS) is 25.7. The Labute approximate surface area is 74.9 Å². The maximum absolute atomic E-state index is 11.1. The maximum Gasteiger partial charge on any atom is 0.134 e. The Morgan fingerprint density at radius 2 is 2.33 bits per heavy atom. The van der Waals surface area contributed by atoms with Crippen LogP contribution in [0.3, 0.4) is 0 Å². The third-order valence-corrected chi connectivity index (χ3v) is 2.62. The van der Waals surface area contributed by atoms with Crippen LogP contribution in [0, 0.1) is 5.92 Å². The van der Waals surface area contributed by atoms with E-state index in [1.165, 1.54) is 19.4 Å². The molecule has 0 amide bonds. The van der Waals surface area contributed by atoms with Gasteiger partial charge in [0.25, 0.3) is 0 Å². The first-order valence-corrected chi connectivity index (χ1v) is 4.97. The molecule has 0 unspecified atom stereocenters. The molecule has 0 spiro atoms. The molecule has 1 heterocycles. The van der Waals surface area contributed by atoms with Gasteiger partial charge in [-0.25, -0.2) is 0 Å². The van der Waals surface area contributed by atoms with Crippen LogP contribution in [0.4, 0.5) is 0 Å². The number of ketones is 1. The minimum atomic E-state index is 0.324. The molecule has 0 aromatic rings. The Hall–Kier alpha value is -0.370. The monoisotopic (exact) mass is 169 g/mol. The van der Waals surface area contributed by atoms with Gasteiger partial charge in [0.2, 0.25) is 0 Å². The van der Waals surface area contributed by atoms with Gasteiger partial charge in [-0.05, 0) is 39.3 Å². The van der Waals surface area contributed by atoms with Crippen molar-refractivity contribution in [3.63, 3.8) is 0 Å². The van der Waals surface area contributed by atoms with E-state index in [1.807, 2.05) is 0 Å². The zero-order valence-corrected chi connectivity index (χ0v) is 8.18. The molecule has 0 bridgehead atoms. The zero-order chi connectivity index (χ0) is 8.97. The Morgan fingerprint density at radius 3 is 2.92 bits per heavy atom. The summed E-state index contributed by atoms with van der Waals surface area (Å²) in [6.07, 6.45) is 3.50. The molecule has 2 heteroatoms. The quantitative estimate of drug-likeness (QED) is 0.641. The van der Waals surface area contributed by atoms with Crippen molar-refractivity contribution in [1.82, 2.24) is 4.90 Å². The Balaban J connectivity index is 2.35. The zero-order valence-electron chi connectivity index (χ0n) is 8.18. The summed E-state index contributed by atoms with van der Waals surface area (Å²) in [6.45, 7) is 7.27. The lowest BCUT2D eigenvalue weighted by atomic mass is 9.94. The van der Waals surface area contributed by atoms with Gasteiger partial charge in [0, 0.05) is 12.5 Å². The molecule has 0 aromatic carbocycles. The van der Waals surface area contributed by atoms with Crippen LogP contribution < -0.4 is 0 Å². The second kappa shape index (κ2) is 4.61. The van der Waals surface area contributed by atoms with Gasteiger partial charge < -0.3 is 4.90 Å². The molecular weight excluding hydrogens is 150 g/mol. The number of rotatable bonds is 3. The summed E-state index contributed by atoms with van der Waals surface area (Å²) in [5, 5.41) is 0. The van der Waals surface area contributed by atoms with E-state index in [-0.39, 0.29) is 0 Å². The molecule has 1 aliphatic rings. The van der Waals surface area contributed by atoms with Gasteiger partial charge in [0.1, 0.15) is 5.78 Å². The summed E-state index contributed by atoms with van der Waals surface area (Å²) in [7, 11) is 0. The van der Waals surface area contributed by atoms with Crippen LogP contribution in [0.25, 0.3) is 0 Å². The fraction of sp³-hybridized carbons (Fsp3) is 0.900. The fourth-order valence-electron chi connectivity index (χ4n) is 1.91. The highest BCUT2D eigenvalue weighted by molar-refractivity contribution is 5.78. The van der Waals surface area contributed by atoms with Gasteiger partial charge in [-0.15, -0.1) is 0 Å². The summed E-state index contributed by atoms with van der Waals surface area (Å²) in [4.78, 5) is 13.5. The minimum Gasteiger partial charge on any atom is -0.303 e. The molecule has 12 heavy (non-hydrogen) atoms. The number of nitrogens with zero attached hydrogens (tertiary/aromatic N) is 1. The molecule has 0 radical (unpaired) electrons. The number of hydrogen-bond donors (Lipinski definition) is 0. The number of likely N-dealkylation sites (tertiary alicyclic amines) is 1. The van der Waals surface area contributed by atoms with Gasteiger partial charge in [0.15, 0.2) is 0 Å². The van der Waals surface area contributed by atoms with Gasteiger partial charge >= 0.3 is 0 Å². The maximum atomic E-state index is 11.1. The highest BCUT2D eigenvalue weighted by atomic mass is 16.1. The molecule has 0 aromatic heterocycles. The van der Waals surface area contributed by atoms with Crippen LogP contribution >= 0.6 is 0 Å². The first-order valence-electron chi connectivity index (χ1n) is 4.97. The van der Waals surface area contributed by atoms with Gasteiger partial charge in [0.05, 0.1) is 0 Å². The van der Waals surface area contributed by atoms with Gasteiger partial charge in [-0.1, -0.05) is 6.92 Å². The summed E-state index contributed by atoms with van der Waals surface area (Å²) in [5.41, 5.74) is 0. The van der Waals surface area contributed by atoms with Crippen molar-refractivity contribution in [2.24, 2.45) is 5.92 Å². The fourth-order valence-corrected chi connectivity index (χ4v) is 1.91. The van der Waals surface area contributed by atoms with Crippen molar-refractivity contribution in [3.05, 3.63) is 0 Å². The minimum absolute atomic E-state index is 0.324. The summed E-state index contributed by atoms with van der Waals surface area (Å²) in [6, 6.07) is 0. The van der Waals surface area contributed by atoms with Crippen molar-refractivity contribution in [2.75, 3.05) is 19.6 Å². The standard InChI is InChI=1S/C10H19NO/c1-3-6-11-7-4-5-10(8-11)9(2)12/h10H,3-8H2,1-2H3/t10-/m1/s1. The number of Topliss-reactive ketones (excluding diaryl/α,β-unsaturated/α-hetero) is 1. The Morgan fingerprint density at radius 1 is 1.58 bits per heavy atom. The molecular formula is C10H19NO. The number of hydrogen-bond acceptors (Lipinski definition) is 2. The van der Waals surface area contributed by atoms with Crippen molar-refractivity contribution in [2.45, 2.75) is 33.1 Å². The van der Waals surface area contributed by atoms with Crippen molar-refractivity contribution < 1.29 is 4.79 Å². The molecule has 70 valence electrons. The smallest absolute Gasteiger partial charge is 0.134 e. The van der Waals surface area contributed by atoms with Crippen LogP contribution in [-0.4, -0.2) is 30.3 Å². The van der Waals surface area contributed by atoms with Crippen LogP contribution in [0.2, 0.25) is 0 Å². The van der Waals surface area contributed by atoms with Gasteiger partial charge in [-0.3, -0.25) is 4.79 Å². The Kier molecular flexibility index (Phi) is 3.73. The molecule has 2 nitrogen and oxygen atoms in total. The van der Waals surface area contributed by atoms with Crippen LogP contribution in [0.5, 0.6) is 0 Å². The van der Waals surface area contributed by atoms with Crippen LogP contribution in [0.1, 0.15) is 33.1 Å². The average molecular weight is 169 g/mol. The number of carbonyl (C=O) groups is 1. The van der Waals surface area contributed by atoms with Gasteiger partial charge in [-0.2, -0.15) is 0 Å². The highest BCUT2D eigenvalue weighted by Crippen LogP contribution is 2.16.